The Morgan fingerprint density at radius 1 is 0.643 bits per heavy atom. The molecule has 1 N–H and O–H groups in total. The lowest BCUT2D eigenvalue weighted by atomic mass is 9.98. The van der Waals surface area contributed by atoms with E-state index in [1.807, 2.05) is 12.1 Å². The summed E-state index contributed by atoms with van der Waals surface area (Å²) < 4.78 is 34.7. The molecule has 0 bridgehead atoms. The zero-order chi connectivity index (χ0) is 19.6. The summed E-state index contributed by atoms with van der Waals surface area (Å²) in [4.78, 5) is 12.7. The van der Waals surface area contributed by atoms with Crippen molar-refractivity contribution in [3.05, 3.63) is 85.3 Å². The summed E-state index contributed by atoms with van der Waals surface area (Å²) in [6.07, 6.45) is 4.79. The van der Waals surface area contributed by atoms with Crippen LogP contribution in [0.4, 0.5) is 0 Å². The number of rotatable bonds is 4. The van der Waals surface area contributed by atoms with Gasteiger partial charge in [-0.1, -0.05) is 18.2 Å². The molecule has 1 aromatic carbocycles. The first kappa shape index (κ1) is 18.0. The molecule has 0 amide bonds. The zero-order valence-corrected chi connectivity index (χ0v) is 15.4. The highest BCUT2D eigenvalue weighted by Crippen LogP contribution is 2.38. The number of pyridine rings is 3. The van der Waals surface area contributed by atoms with Crippen LogP contribution in [0.2, 0.25) is 0 Å². The van der Waals surface area contributed by atoms with Crippen LogP contribution >= 0.6 is 0 Å². The minimum absolute atomic E-state index is 0.232. The van der Waals surface area contributed by atoms with Crippen molar-refractivity contribution in [3.8, 4) is 33.8 Å². The molecule has 0 aliphatic carbocycles. The molecule has 0 spiro atoms. The monoisotopic (exact) mass is 389 g/mol. The smallest absolute Gasteiger partial charge is 0.282 e. The molecular formula is C21H15N3O3S. The first-order valence-corrected chi connectivity index (χ1v) is 9.88. The summed E-state index contributed by atoms with van der Waals surface area (Å²) in [6.45, 7) is 0. The molecule has 4 aromatic rings. The second-order valence-corrected chi connectivity index (χ2v) is 7.38. The highest BCUT2D eigenvalue weighted by Gasteiger charge is 2.25. The highest BCUT2D eigenvalue weighted by atomic mass is 32.2. The van der Waals surface area contributed by atoms with E-state index in [9.17, 15) is 13.0 Å². The molecular weight excluding hydrogens is 374 g/mol. The predicted octanol–water partition coefficient (Wildman–Crippen LogP) is 4.12. The van der Waals surface area contributed by atoms with Gasteiger partial charge in [0.2, 0.25) is 0 Å². The van der Waals surface area contributed by atoms with E-state index in [2.05, 4.69) is 15.0 Å². The van der Waals surface area contributed by atoms with Gasteiger partial charge < -0.3 is 0 Å². The molecule has 0 unspecified atom stereocenters. The molecule has 0 radical (unpaired) electrons. The lowest BCUT2D eigenvalue weighted by Crippen LogP contribution is -2.06. The van der Waals surface area contributed by atoms with Gasteiger partial charge in [-0.3, -0.25) is 19.5 Å². The molecule has 28 heavy (non-hydrogen) atoms. The molecule has 4 rings (SSSR count). The van der Waals surface area contributed by atoms with E-state index in [4.69, 9.17) is 0 Å². The third-order valence-electron chi connectivity index (χ3n) is 4.19. The Kier molecular flexibility index (Phi) is 4.68. The standard InChI is InChI=1S/C21H15N3O3S/c25-28(26,27)21-16(19-8-2-5-11-23-19)13-15(18-7-1-4-10-22-18)14-17(21)20-9-3-6-12-24-20/h1-14H,(H,25,26,27). The predicted molar refractivity (Wildman–Crippen MR) is 106 cm³/mol. The Morgan fingerprint density at radius 3 is 1.43 bits per heavy atom. The van der Waals surface area contributed by atoms with Crippen LogP contribution in [0.5, 0.6) is 0 Å². The first-order chi connectivity index (χ1) is 13.5. The Bertz CT molecular complexity index is 1150. The molecule has 6 nitrogen and oxygen atoms in total. The van der Waals surface area contributed by atoms with Crippen LogP contribution in [-0.4, -0.2) is 27.9 Å². The van der Waals surface area contributed by atoms with Gasteiger partial charge in [-0.15, -0.1) is 0 Å². The molecule has 3 aromatic heterocycles. The third kappa shape index (κ3) is 3.53. The van der Waals surface area contributed by atoms with Crippen molar-refractivity contribution in [1.29, 1.82) is 0 Å². The van der Waals surface area contributed by atoms with Gasteiger partial charge in [-0.2, -0.15) is 8.42 Å². The van der Waals surface area contributed by atoms with Crippen LogP contribution in [0, 0.1) is 0 Å². The summed E-state index contributed by atoms with van der Waals surface area (Å²) in [5.74, 6) is 0. The largest absolute Gasteiger partial charge is 0.295 e. The fraction of sp³-hybridized carbons (Fsp3) is 0. The molecule has 0 atom stereocenters. The number of aromatic nitrogens is 3. The Balaban J connectivity index is 2.12. The van der Waals surface area contributed by atoms with Gasteiger partial charge in [0.05, 0.1) is 17.1 Å². The minimum Gasteiger partial charge on any atom is -0.282 e. The van der Waals surface area contributed by atoms with E-state index in [1.54, 1.807) is 73.2 Å². The quantitative estimate of drug-likeness (QED) is 0.528. The van der Waals surface area contributed by atoms with Gasteiger partial charge in [0, 0.05) is 35.3 Å². The van der Waals surface area contributed by atoms with Gasteiger partial charge in [0.1, 0.15) is 4.90 Å². The van der Waals surface area contributed by atoms with Gasteiger partial charge >= 0.3 is 0 Å². The van der Waals surface area contributed by atoms with Gasteiger partial charge in [-0.25, -0.2) is 0 Å². The maximum Gasteiger partial charge on any atom is 0.295 e. The summed E-state index contributed by atoms with van der Waals surface area (Å²) in [6, 6.07) is 19.2. The van der Waals surface area contributed by atoms with Crippen molar-refractivity contribution in [2.75, 3.05) is 0 Å². The van der Waals surface area contributed by atoms with Crippen molar-refractivity contribution in [2.24, 2.45) is 0 Å². The summed E-state index contributed by atoms with van der Waals surface area (Å²) in [7, 11) is -4.56. The van der Waals surface area contributed by atoms with Crippen molar-refractivity contribution in [2.45, 2.75) is 4.90 Å². The molecule has 0 saturated carbocycles. The molecule has 138 valence electrons. The van der Waals surface area contributed by atoms with E-state index in [0.717, 1.165) is 0 Å². The maximum atomic E-state index is 12.4. The second kappa shape index (κ2) is 7.30. The van der Waals surface area contributed by atoms with Crippen molar-refractivity contribution < 1.29 is 13.0 Å². The maximum absolute atomic E-state index is 12.4. The van der Waals surface area contributed by atoms with Crippen LogP contribution in [0.1, 0.15) is 0 Å². The molecule has 0 aliphatic rings. The summed E-state index contributed by atoms with van der Waals surface area (Å²) >= 11 is 0. The molecule has 0 aliphatic heterocycles. The minimum atomic E-state index is -4.56. The Morgan fingerprint density at radius 2 is 1.07 bits per heavy atom. The highest BCUT2D eigenvalue weighted by molar-refractivity contribution is 7.86. The molecule has 3 heterocycles. The van der Waals surface area contributed by atoms with E-state index in [1.165, 1.54) is 0 Å². The fourth-order valence-corrected chi connectivity index (χ4v) is 3.90. The summed E-state index contributed by atoms with van der Waals surface area (Å²) in [5.41, 5.74) is 2.77. The topological polar surface area (TPSA) is 93.0 Å². The van der Waals surface area contributed by atoms with Crippen LogP contribution < -0.4 is 0 Å². The number of nitrogens with zero attached hydrogens (tertiary/aromatic N) is 3. The Hall–Kier alpha value is -3.42. The number of hydrogen-bond donors (Lipinski definition) is 1. The van der Waals surface area contributed by atoms with Crippen LogP contribution in [0.3, 0.4) is 0 Å². The van der Waals surface area contributed by atoms with Gasteiger partial charge in [0.25, 0.3) is 10.1 Å². The first-order valence-electron chi connectivity index (χ1n) is 8.44. The number of hydrogen-bond acceptors (Lipinski definition) is 5. The Labute approximate surface area is 162 Å². The van der Waals surface area contributed by atoms with E-state index in [0.29, 0.717) is 22.6 Å². The lowest BCUT2D eigenvalue weighted by Gasteiger charge is -2.15. The van der Waals surface area contributed by atoms with Crippen LogP contribution in [0.15, 0.2) is 90.2 Å². The third-order valence-corrected chi connectivity index (χ3v) is 5.14. The second-order valence-electron chi connectivity index (χ2n) is 6.02. The molecule has 0 fully saturated rings. The average Bonchev–Trinajstić information content (AvgIpc) is 2.74. The van der Waals surface area contributed by atoms with E-state index < -0.39 is 10.1 Å². The summed E-state index contributed by atoms with van der Waals surface area (Å²) in [5, 5.41) is 0. The van der Waals surface area contributed by atoms with Crippen LogP contribution in [-0.2, 0) is 10.1 Å². The molecule has 7 heteroatoms. The van der Waals surface area contributed by atoms with Gasteiger partial charge in [-0.05, 0) is 48.5 Å². The van der Waals surface area contributed by atoms with Crippen molar-refractivity contribution in [3.63, 3.8) is 0 Å². The SMILES string of the molecule is O=S(=O)(O)c1c(-c2ccccn2)cc(-c2ccccn2)cc1-c1ccccn1. The zero-order valence-electron chi connectivity index (χ0n) is 14.6. The van der Waals surface area contributed by atoms with Crippen molar-refractivity contribution >= 4 is 10.1 Å². The average molecular weight is 389 g/mol. The normalized spacial score (nSPS) is 11.3. The fourth-order valence-electron chi connectivity index (χ4n) is 3.01. The number of benzene rings is 1. The van der Waals surface area contributed by atoms with E-state index >= 15 is 0 Å². The van der Waals surface area contributed by atoms with Gasteiger partial charge in [0.15, 0.2) is 0 Å². The van der Waals surface area contributed by atoms with Crippen LogP contribution in [0.25, 0.3) is 33.8 Å². The lowest BCUT2D eigenvalue weighted by molar-refractivity contribution is 0.484. The molecule has 0 saturated heterocycles. The van der Waals surface area contributed by atoms with Crippen molar-refractivity contribution in [1.82, 2.24) is 15.0 Å². The van der Waals surface area contributed by atoms with E-state index in [-0.39, 0.29) is 16.0 Å².